The molecule has 0 spiro atoms. The maximum absolute atomic E-state index is 11.0. The van der Waals surface area contributed by atoms with E-state index < -0.39 is 0 Å². The number of aryl methyl sites for hydroxylation is 1. The minimum atomic E-state index is 0.0405. The molecule has 0 aliphatic heterocycles. The summed E-state index contributed by atoms with van der Waals surface area (Å²) in [7, 11) is 0. The van der Waals surface area contributed by atoms with Crippen LogP contribution in [0.25, 0.3) is 0 Å². The first-order chi connectivity index (χ1) is 5.81. The normalized spacial score (nSPS) is 17.8. The molecule has 0 bridgehead atoms. The third-order valence-corrected chi connectivity index (χ3v) is 2.68. The number of rotatable bonds is 2. The van der Waals surface area contributed by atoms with E-state index in [0.717, 1.165) is 6.54 Å². The Kier molecular flexibility index (Phi) is 1.79. The van der Waals surface area contributed by atoms with Crippen LogP contribution in [0.2, 0.25) is 0 Å². The van der Waals surface area contributed by atoms with E-state index in [2.05, 4.69) is 12.0 Å². The molecule has 1 aromatic heterocycles. The molecule has 0 unspecified atom stereocenters. The number of aromatic amines is 1. The predicted octanol–water partition coefficient (Wildman–Crippen LogP) is 1.46. The zero-order chi connectivity index (χ0) is 8.55. The fourth-order valence-corrected chi connectivity index (χ4v) is 1.75. The highest BCUT2D eigenvalue weighted by molar-refractivity contribution is 5.10. The molecular weight excluding hydrogens is 152 g/mol. The lowest BCUT2D eigenvalue weighted by molar-refractivity contribution is 0.390. The Bertz CT molecular complexity index is 320. The molecule has 66 valence electrons. The lowest BCUT2D eigenvalue weighted by Gasteiger charge is -2.25. The van der Waals surface area contributed by atoms with Crippen molar-refractivity contribution in [2.45, 2.75) is 38.6 Å². The highest BCUT2D eigenvalue weighted by Gasteiger charge is 2.22. The van der Waals surface area contributed by atoms with Gasteiger partial charge in [0.1, 0.15) is 0 Å². The van der Waals surface area contributed by atoms with Gasteiger partial charge in [-0.25, -0.2) is 0 Å². The van der Waals surface area contributed by atoms with Gasteiger partial charge in [-0.05, 0) is 19.8 Å². The minimum absolute atomic E-state index is 0.0405. The van der Waals surface area contributed by atoms with Gasteiger partial charge in [-0.3, -0.25) is 14.6 Å². The topological polar surface area (TPSA) is 37.8 Å². The van der Waals surface area contributed by atoms with Crippen LogP contribution >= 0.6 is 0 Å². The van der Waals surface area contributed by atoms with Crippen molar-refractivity contribution in [1.82, 2.24) is 9.78 Å². The first kappa shape index (κ1) is 7.65. The number of hydrogen-bond donors (Lipinski definition) is 1. The average Bonchev–Trinajstić information content (AvgIpc) is 2.27. The van der Waals surface area contributed by atoms with Gasteiger partial charge in [0.15, 0.2) is 0 Å². The molecule has 1 fully saturated rings. The van der Waals surface area contributed by atoms with E-state index in [9.17, 15) is 4.79 Å². The summed E-state index contributed by atoms with van der Waals surface area (Å²) in [6.07, 6.45) is 3.81. The quantitative estimate of drug-likeness (QED) is 0.709. The molecule has 1 heterocycles. The van der Waals surface area contributed by atoms with Crippen LogP contribution in [0.3, 0.4) is 0 Å². The zero-order valence-electron chi connectivity index (χ0n) is 7.34. The summed E-state index contributed by atoms with van der Waals surface area (Å²) in [5.41, 5.74) is 1.24. The molecule has 3 heteroatoms. The summed E-state index contributed by atoms with van der Waals surface area (Å²) in [5, 5.41) is 2.80. The van der Waals surface area contributed by atoms with E-state index in [0.29, 0.717) is 5.92 Å². The molecule has 0 radical (unpaired) electrons. The Morgan fingerprint density at radius 1 is 1.67 bits per heavy atom. The molecule has 1 aromatic rings. The zero-order valence-corrected chi connectivity index (χ0v) is 7.34. The number of aromatic nitrogens is 2. The number of hydrogen-bond acceptors (Lipinski definition) is 1. The second-order valence-electron chi connectivity index (χ2n) is 3.42. The van der Waals surface area contributed by atoms with E-state index in [1.54, 1.807) is 6.07 Å². The molecule has 0 saturated heterocycles. The van der Waals surface area contributed by atoms with Crippen molar-refractivity contribution in [2.24, 2.45) is 0 Å². The molecule has 0 atom stereocenters. The summed E-state index contributed by atoms with van der Waals surface area (Å²) in [4.78, 5) is 11.0. The van der Waals surface area contributed by atoms with Crippen LogP contribution in [0.1, 0.15) is 37.8 Å². The Morgan fingerprint density at radius 3 is 2.92 bits per heavy atom. The number of H-pyrrole nitrogens is 1. The smallest absolute Gasteiger partial charge is 0.264 e. The van der Waals surface area contributed by atoms with Gasteiger partial charge in [0.25, 0.3) is 5.56 Å². The van der Waals surface area contributed by atoms with Crippen LogP contribution in [0.15, 0.2) is 10.9 Å². The van der Waals surface area contributed by atoms with Gasteiger partial charge in [0.05, 0.1) is 0 Å². The molecule has 1 aliphatic rings. The summed E-state index contributed by atoms with van der Waals surface area (Å²) < 4.78 is 1.96. The summed E-state index contributed by atoms with van der Waals surface area (Å²) >= 11 is 0. The first-order valence-electron chi connectivity index (χ1n) is 4.61. The summed E-state index contributed by atoms with van der Waals surface area (Å²) in [5.74, 6) is 0.642. The molecule has 12 heavy (non-hydrogen) atoms. The lowest BCUT2D eigenvalue weighted by atomic mass is 9.83. The molecule has 0 aromatic carbocycles. The van der Waals surface area contributed by atoms with Crippen molar-refractivity contribution in [1.29, 1.82) is 0 Å². The number of nitrogens with one attached hydrogen (secondary N) is 1. The molecule has 3 nitrogen and oxygen atoms in total. The Hall–Kier alpha value is -0.990. The third kappa shape index (κ3) is 1.09. The van der Waals surface area contributed by atoms with Crippen LogP contribution < -0.4 is 5.56 Å². The fraction of sp³-hybridized carbons (Fsp3) is 0.667. The first-order valence-corrected chi connectivity index (χ1v) is 4.61. The van der Waals surface area contributed by atoms with Crippen molar-refractivity contribution in [3.63, 3.8) is 0 Å². The van der Waals surface area contributed by atoms with Crippen LogP contribution in [0, 0.1) is 0 Å². The SMILES string of the molecule is CCn1[nH]c(=O)cc1C1CCC1. The van der Waals surface area contributed by atoms with Crippen LogP contribution in [0.4, 0.5) is 0 Å². The van der Waals surface area contributed by atoms with E-state index in [4.69, 9.17) is 0 Å². The highest BCUT2D eigenvalue weighted by Crippen LogP contribution is 2.35. The maximum Gasteiger partial charge on any atom is 0.264 e. The second kappa shape index (κ2) is 2.81. The van der Waals surface area contributed by atoms with Crippen LogP contribution in [-0.2, 0) is 6.54 Å². The number of nitrogens with zero attached hydrogens (tertiary/aromatic N) is 1. The molecule has 1 N–H and O–H groups in total. The average molecular weight is 166 g/mol. The van der Waals surface area contributed by atoms with E-state index in [-0.39, 0.29) is 5.56 Å². The molecular formula is C9H14N2O. The Labute approximate surface area is 71.4 Å². The van der Waals surface area contributed by atoms with Gasteiger partial charge < -0.3 is 0 Å². The van der Waals surface area contributed by atoms with Gasteiger partial charge in [-0.1, -0.05) is 6.42 Å². The monoisotopic (exact) mass is 166 g/mol. The molecule has 0 amide bonds. The van der Waals surface area contributed by atoms with Crippen molar-refractivity contribution >= 4 is 0 Å². The standard InChI is InChI=1S/C9H14N2O/c1-2-11-8(6-9(12)10-11)7-4-3-5-7/h6-7H,2-5H2,1H3,(H,10,12). The van der Waals surface area contributed by atoms with Crippen molar-refractivity contribution in [3.8, 4) is 0 Å². The van der Waals surface area contributed by atoms with Gasteiger partial charge >= 0.3 is 0 Å². The summed E-state index contributed by atoms with van der Waals surface area (Å²) in [6.45, 7) is 2.92. The largest absolute Gasteiger partial charge is 0.289 e. The van der Waals surface area contributed by atoms with E-state index >= 15 is 0 Å². The van der Waals surface area contributed by atoms with Gasteiger partial charge in [0, 0.05) is 24.2 Å². The van der Waals surface area contributed by atoms with E-state index in [1.165, 1.54) is 25.0 Å². The van der Waals surface area contributed by atoms with Crippen molar-refractivity contribution < 1.29 is 0 Å². The van der Waals surface area contributed by atoms with Crippen LogP contribution in [0.5, 0.6) is 0 Å². The fourth-order valence-electron chi connectivity index (χ4n) is 1.75. The van der Waals surface area contributed by atoms with Gasteiger partial charge in [-0.15, -0.1) is 0 Å². The molecule has 1 saturated carbocycles. The Morgan fingerprint density at radius 2 is 2.42 bits per heavy atom. The molecule has 1 aliphatic carbocycles. The third-order valence-electron chi connectivity index (χ3n) is 2.68. The maximum atomic E-state index is 11.0. The molecule has 2 rings (SSSR count). The second-order valence-corrected chi connectivity index (χ2v) is 3.42. The lowest BCUT2D eigenvalue weighted by Crippen LogP contribution is -2.14. The predicted molar refractivity (Wildman–Crippen MR) is 47.3 cm³/mol. The van der Waals surface area contributed by atoms with Crippen LogP contribution in [-0.4, -0.2) is 9.78 Å². The van der Waals surface area contributed by atoms with Crippen molar-refractivity contribution in [2.75, 3.05) is 0 Å². The minimum Gasteiger partial charge on any atom is -0.289 e. The van der Waals surface area contributed by atoms with Gasteiger partial charge in [-0.2, -0.15) is 0 Å². The van der Waals surface area contributed by atoms with Crippen molar-refractivity contribution in [3.05, 3.63) is 22.1 Å². The van der Waals surface area contributed by atoms with E-state index in [1.807, 2.05) is 4.68 Å². The summed E-state index contributed by atoms with van der Waals surface area (Å²) in [6, 6.07) is 1.74. The van der Waals surface area contributed by atoms with Gasteiger partial charge in [0.2, 0.25) is 0 Å². The highest BCUT2D eigenvalue weighted by atomic mass is 16.1. The Balaban J connectivity index is 2.33.